The quantitative estimate of drug-likeness (QED) is 0.938. The Morgan fingerprint density at radius 1 is 1.23 bits per heavy atom. The van der Waals surface area contributed by atoms with E-state index in [0.29, 0.717) is 35.8 Å². The standard InChI is InChI=1S/C15H14FNO5/c1-15(2,16)9-6-13-12(20-3-4-21-13)5-8(9)11-7-10(14(18)19)17-22-11/h5-7H,3-4H2,1-2H3,(H,18,19). The van der Waals surface area contributed by atoms with Gasteiger partial charge in [0, 0.05) is 17.2 Å². The van der Waals surface area contributed by atoms with Crippen LogP contribution in [0.15, 0.2) is 22.7 Å². The van der Waals surface area contributed by atoms with Crippen LogP contribution in [0.3, 0.4) is 0 Å². The zero-order valence-electron chi connectivity index (χ0n) is 12.1. The van der Waals surface area contributed by atoms with Crippen LogP contribution in [0.2, 0.25) is 0 Å². The topological polar surface area (TPSA) is 81.8 Å². The van der Waals surface area contributed by atoms with E-state index in [2.05, 4.69) is 5.16 Å². The maximum atomic E-state index is 14.5. The normalized spacial score (nSPS) is 14.0. The average molecular weight is 307 g/mol. The molecule has 0 radical (unpaired) electrons. The van der Waals surface area contributed by atoms with E-state index >= 15 is 0 Å². The van der Waals surface area contributed by atoms with Gasteiger partial charge in [0.1, 0.15) is 18.9 Å². The van der Waals surface area contributed by atoms with E-state index in [0.717, 1.165) is 0 Å². The fraction of sp³-hybridized carbons (Fsp3) is 0.333. The van der Waals surface area contributed by atoms with Crippen LogP contribution in [0, 0.1) is 0 Å². The number of rotatable bonds is 3. The Hall–Kier alpha value is -2.57. The van der Waals surface area contributed by atoms with Gasteiger partial charge in [-0.15, -0.1) is 0 Å². The number of ether oxygens (including phenoxy) is 2. The number of aromatic nitrogens is 1. The second-order valence-electron chi connectivity index (χ2n) is 5.40. The maximum absolute atomic E-state index is 14.5. The van der Waals surface area contributed by atoms with Gasteiger partial charge in [-0.2, -0.15) is 0 Å². The van der Waals surface area contributed by atoms with Gasteiger partial charge in [0.25, 0.3) is 0 Å². The summed E-state index contributed by atoms with van der Waals surface area (Å²) >= 11 is 0. The highest BCUT2D eigenvalue weighted by Crippen LogP contribution is 2.42. The number of hydrogen-bond acceptors (Lipinski definition) is 5. The first-order chi connectivity index (χ1) is 10.4. The number of nitrogens with zero attached hydrogens (tertiary/aromatic N) is 1. The van der Waals surface area contributed by atoms with E-state index in [1.165, 1.54) is 19.9 Å². The van der Waals surface area contributed by atoms with Crippen molar-refractivity contribution in [3.63, 3.8) is 0 Å². The first-order valence-corrected chi connectivity index (χ1v) is 6.69. The lowest BCUT2D eigenvalue weighted by molar-refractivity contribution is 0.0685. The molecule has 2 heterocycles. The summed E-state index contributed by atoms with van der Waals surface area (Å²) in [6.45, 7) is 3.58. The Morgan fingerprint density at radius 2 is 1.86 bits per heavy atom. The predicted molar refractivity (Wildman–Crippen MR) is 74.0 cm³/mol. The molecule has 0 fully saturated rings. The third-order valence-electron chi connectivity index (χ3n) is 3.32. The van der Waals surface area contributed by atoms with Gasteiger partial charge in [-0.25, -0.2) is 9.18 Å². The summed E-state index contributed by atoms with van der Waals surface area (Å²) in [5.74, 6) is -0.139. The summed E-state index contributed by atoms with van der Waals surface area (Å²) in [4.78, 5) is 10.9. The van der Waals surface area contributed by atoms with Gasteiger partial charge in [0.05, 0.1) is 0 Å². The Bertz CT molecular complexity index is 732. The van der Waals surface area contributed by atoms with Gasteiger partial charge < -0.3 is 19.1 Å². The molecule has 1 aliphatic rings. The van der Waals surface area contributed by atoms with E-state index < -0.39 is 11.6 Å². The zero-order valence-corrected chi connectivity index (χ0v) is 12.1. The largest absolute Gasteiger partial charge is 0.486 e. The van der Waals surface area contributed by atoms with E-state index in [-0.39, 0.29) is 11.5 Å². The van der Waals surface area contributed by atoms with Gasteiger partial charge in [0.2, 0.25) is 0 Å². The molecule has 7 heteroatoms. The summed E-state index contributed by atoms with van der Waals surface area (Å²) < 4.78 is 30.5. The van der Waals surface area contributed by atoms with Crippen LogP contribution in [-0.2, 0) is 5.67 Å². The Labute approximate surface area is 125 Å². The highest BCUT2D eigenvalue weighted by Gasteiger charge is 2.29. The van der Waals surface area contributed by atoms with Crippen molar-refractivity contribution < 1.29 is 28.3 Å². The molecular formula is C15H14FNO5. The molecular weight excluding hydrogens is 293 g/mol. The van der Waals surface area contributed by atoms with Crippen molar-refractivity contribution in [2.75, 3.05) is 13.2 Å². The minimum absolute atomic E-state index is 0.162. The Balaban J connectivity index is 2.17. The van der Waals surface area contributed by atoms with Gasteiger partial charge in [-0.05, 0) is 26.0 Å². The van der Waals surface area contributed by atoms with Crippen LogP contribution in [0.25, 0.3) is 11.3 Å². The second-order valence-corrected chi connectivity index (χ2v) is 5.40. The van der Waals surface area contributed by atoms with Gasteiger partial charge in [0.15, 0.2) is 23.0 Å². The molecule has 3 rings (SSSR count). The SMILES string of the molecule is CC(C)(F)c1cc2c(cc1-c1cc(C(=O)O)no1)OCCO2. The second kappa shape index (κ2) is 5.01. The average Bonchev–Trinajstić information content (AvgIpc) is 2.95. The lowest BCUT2D eigenvalue weighted by atomic mass is 9.92. The fourth-order valence-corrected chi connectivity index (χ4v) is 2.29. The third-order valence-corrected chi connectivity index (χ3v) is 3.32. The van der Waals surface area contributed by atoms with Crippen molar-refractivity contribution in [2.24, 2.45) is 0 Å². The summed E-state index contributed by atoms with van der Waals surface area (Å²) in [6, 6.07) is 4.38. The zero-order chi connectivity index (χ0) is 15.9. The highest BCUT2D eigenvalue weighted by atomic mass is 19.1. The lowest BCUT2D eigenvalue weighted by Gasteiger charge is -2.24. The van der Waals surface area contributed by atoms with Crippen LogP contribution < -0.4 is 9.47 Å². The summed E-state index contributed by atoms with van der Waals surface area (Å²) in [5.41, 5.74) is -1.23. The number of benzene rings is 1. The first-order valence-electron chi connectivity index (χ1n) is 6.69. The molecule has 0 atom stereocenters. The van der Waals surface area contributed by atoms with Gasteiger partial charge >= 0.3 is 5.97 Å². The summed E-state index contributed by atoms with van der Waals surface area (Å²) in [7, 11) is 0. The molecule has 0 spiro atoms. The summed E-state index contributed by atoms with van der Waals surface area (Å²) in [5, 5.41) is 12.4. The van der Waals surface area contributed by atoms with E-state index in [1.54, 1.807) is 12.1 Å². The molecule has 0 unspecified atom stereocenters. The van der Waals surface area contributed by atoms with E-state index in [9.17, 15) is 9.18 Å². The number of carboxylic acid groups (broad SMARTS) is 1. The number of hydrogen-bond donors (Lipinski definition) is 1. The Kier molecular flexibility index (Phi) is 3.27. The van der Waals surface area contributed by atoms with E-state index in [1.807, 2.05) is 0 Å². The van der Waals surface area contributed by atoms with Crippen molar-refractivity contribution >= 4 is 5.97 Å². The van der Waals surface area contributed by atoms with Crippen molar-refractivity contribution in [1.82, 2.24) is 5.16 Å². The maximum Gasteiger partial charge on any atom is 0.358 e. The van der Waals surface area contributed by atoms with Gasteiger partial charge in [-0.1, -0.05) is 5.16 Å². The third kappa shape index (κ3) is 2.49. The molecule has 0 aliphatic carbocycles. The molecule has 0 saturated carbocycles. The first kappa shape index (κ1) is 14.4. The monoisotopic (exact) mass is 307 g/mol. The number of carboxylic acids is 1. The molecule has 1 aromatic heterocycles. The minimum Gasteiger partial charge on any atom is -0.486 e. The van der Waals surface area contributed by atoms with Crippen molar-refractivity contribution in [3.8, 4) is 22.8 Å². The molecule has 22 heavy (non-hydrogen) atoms. The van der Waals surface area contributed by atoms with Crippen LogP contribution in [-0.4, -0.2) is 29.4 Å². The molecule has 2 aromatic rings. The number of aromatic carboxylic acids is 1. The molecule has 0 bridgehead atoms. The number of carbonyl (C=O) groups is 1. The molecule has 1 aromatic carbocycles. The van der Waals surface area contributed by atoms with Crippen LogP contribution in [0.1, 0.15) is 29.9 Å². The van der Waals surface area contributed by atoms with Crippen molar-refractivity contribution in [1.29, 1.82) is 0 Å². The molecule has 6 nitrogen and oxygen atoms in total. The molecule has 116 valence electrons. The molecule has 0 amide bonds. The summed E-state index contributed by atoms with van der Waals surface area (Å²) in [6.07, 6.45) is 0. The number of alkyl halides is 1. The highest BCUT2D eigenvalue weighted by molar-refractivity contribution is 5.86. The van der Waals surface area contributed by atoms with Crippen LogP contribution in [0.4, 0.5) is 4.39 Å². The van der Waals surface area contributed by atoms with Crippen molar-refractivity contribution in [3.05, 3.63) is 29.5 Å². The van der Waals surface area contributed by atoms with Crippen LogP contribution in [0.5, 0.6) is 11.5 Å². The smallest absolute Gasteiger partial charge is 0.358 e. The molecule has 0 saturated heterocycles. The van der Waals surface area contributed by atoms with Gasteiger partial charge in [-0.3, -0.25) is 0 Å². The molecule has 1 N–H and O–H groups in total. The molecule has 1 aliphatic heterocycles. The number of halogens is 1. The predicted octanol–water partition coefficient (Wildman–Crippen LogP) is 3.02. The van der Waals surface area contributed by atoms with Crippen molar-refractivity contribution in [2.45, 2.75) is 19.5 Å². The Morgan fingerprint density at radius 3 is 2.41 bits per heavy atom. The van der Waals surface area contributed by atoms with E-state index in [4.69, 9.17) is 19.1 Å². The lowest BCUT2D eigenvalue weighted by Crippen LogP contribution is -2.18. The fourth-order valence-electron chi connectivity index (χ4n) is 2.29. The minimum atomic E-state index is -1.68. The van der Waals surface area contributed by atoms with Crippen LogP contribution >= 0.6 is 0 Å². The number of fused-ring (bicyclic) bond motifs is 1.